The van der Waals surface area contributed by atoms with Crippen molar-refractivity contribution in [2.45, 2.75) is 32.7 Å². The molecule has 0 aromatic carbocycles. The van der Waals surface area contributed by atoms with Gasteiger partial charge in [0.25, 0.3) is 5.91 Å². The van der Waals surface area contributed by atoms with Gasteiger partial charge in [0.15, 0.2) is 11.5 Å². The van der Waals surface area contributed by atoms with E-state index in [9.17, 15) is 4.79 Å². The molecular weight excluding hydrogens is 264 g/mol. The summed E-state index contributed by atoms with van der Waals surface area (Å²) in [6.45, 7) is 4.41. The molecule has 100 valence electrons. The van der Waals surface area contributed by atoms with E-state index in [-0.39, 0.29) is 11.9 Å². The number of rotatable bonds is 2. The van der Waals surface area contributed by atoms with Gasteiger partial charge in [0.05, 0.1) is 29.2 Å². The highest BCUT2D eigenvalue weighted by Gasteiger charge is 2.34. The van der Waals surface area contributed by atoms with E-state index in [0.717, 1.165) is 42.6 Å². The fourth-order valence-electron chi connectivity index (χ4n) is 2.41. The number of hydrogen-bond acceptors (Lipinski definition) is 6. The molecule has 19 heavy (non-hydrogen) atoms. The maximum Gasteiger partial charge on any atom is 0.276 e. The van der Waals surface area contributed by atoms with Crippen LogP contribution in [0.2, 0.25) is 0 Å². The lowest BCUT2D eigenvalue weighted by atomic mass is 10.1. The molecule has 1 aliphatic rings. The second-order valence-electron chi connectivity index (χ2n) is 4.73. The molecule has 6 nitrogen and oxygen atoms in total. The zero-order chi connectivity index (χ0) is 13.4. The van der Waals surface area contributed by atoms with Crippen molar-refractivity contribution < 1.29 is 9.32 Å². The normalized spacial score (nSPS) is 19.1. The third kappa shape index (κ3) is 2.14. The van der Waals surface area contributed by atoms with Crippen LogP contribution in [-0.2, 0) is 0 Å². The summed E-state index contributed by atoms with van der Waals surface area (Å²) in [5.74, 6) is 0.687. The van der Waals surface area contributed by atoms with Gasteiger partial charge < -0.3 is 9.42 Å². The molecule has 1 aliphatic heterocycles. The Bertz CT molecular complexity index is 606. The maximum absolute atomic E-state index is 12.5. The van der Waals surface area contributed by atoms with E-state index in [1.54, 1.807) is 6.92 Å². The van der Waals surface area contributed by atoms with E-state index < -0.39 is 0 Å². The van der Waals surface area contributed by atoms with Gasteiger partial charge in [0, 0.05) is 12.6 Å². The van der Waals surface area contributed by atoms with Crippen LogP contribution >= 0.6 is 11.7 Å². The Hall–Kier alpha value is -1.76. The molecule has 0 saturated carbocycles. The maximum atomic E-state index is 12.5. The van der Waals surface area contributed by atoms with Gasteiger partial charge in [-0.3, -0.25) is 4.79 Å². The lowest BCUT2D eigenvalue weighted by molar-refractivity contribution is 0.0709. The summed E-state index contributed by atoms with van der Waals surface area (Å²) in [6, 6.07) is 1.86. The molecule has 1 unspecified atom stereocenters. The molecule has 3 rings (SSSR count). The summed E-state index contributed by atoms with van der Waals surface area (Å²) >= 11 is 1.07. The number of nitrogens with zero attached hydrogens (tertiary/aromatic N) is 4. The van der Waals surface area contributed by atoms with Crippen molar-refractivity contribution in [2.24, 2.45) is 0 Å². The monoisotopic (exact) mass is 278 g/mol. The molecule has 1 saturated heterocycles. The molecule has 0 aliphatic carbocycles. The molecule has 2 aromatic rings. The number of hydrogen-bond donors (Lipinski definition) is 0. The minimum absolute atomic E-state index is 0.0326. The van der Waals surface area contributed by atoms with E-state index in [0.29, 0.717) is 11.4 Å². The van der Waals surface area contributed by atoms with Crippen LogP contribution in [0.5, 0.6) is 0 Å². The first-order valence-electron chi connectivity index (χ1n) is 6.20. The highest BCUT2D eigenvalue weighted by atomic mass is 32.1. The Morgan fingerprint density at radius 3 is 2.95 bits per heavy atom. The first kappa shape index (κ1) is 12.3. The lowest BCUT2D eigenvalue weighted by Gasteiger charge is -2.21. The Morgan fingerprint density at radius 2 is 2.32 bits per heavy atom. The number of amides is 1. The Labute approximate surface area is 114 Å². The average Bonchev–Trinajstić information content (AvgIpc) is 3.07. The predicted molar refractivity (Wildman–Crippen MR) is 68.9 cm³/mol. The molecule has 1 amide bonds. The van der Waals surface area contributed by atoms with Crippen LogP contribution in [0.1, 0.15) is 46.5 Å². The highest BCUT2D eigenvalue weighted by Crippen LogP contribution is 2.33. The summed E-state index contributed by atoms with van der Waals surface area (Å²) in [5, 5.41) is 3.90. The quantitative estimate of drug-likeness (QED) is 0.841. The first-order chi connectivity index (χ1) is 9.16. The first-order valence-corrected chi connectivity index (χ1v) is 6.93. The van der Waals surface area contributed by atoms with Crippen molar-refractivity contribution in [1.29, 1.82) is 0 Å². The standard InChI is InChI=1S/C12H14N4O2S/c1-7-6-10(18-13-7)9-4-3-5-16(9)12(17)11-8(2)14-19-15-11/h6,9H,3-5H2,1-2H3. The average molecular weight is 278 g/mol. The smallest absolute Gasteiger partial charge is 0.276 e. The SMILES string of the molecule is Cc1cc(C2CCCN2C(=O)c2nsnc2C)on1. The summed E-state index contributed by atoms with van der Waals surface area (Å²) in [6.07, 6.45) is 1.86. The number of aryl methyl sites for hydroxylation is 2. The third-order valence-electron chi connectivity index (χ3n) is 3.34. The molecule has 1 atom stereocenters. The predicted octanol–water partition coefficient (Wildman–Crippen LogP) is 2.12. The Balaban J connectivity index is 1.88. The van der Waals surface area contributed by atoms with Crippen molar-refractivity contribution in [1.82, 2.24) is 18.8 Å². The fourth-order valence-corrected chi connectivity index (χ4v) is 2.95. The van der Waals surface area contributed by atoms with E-state index in [1.807, 2.05) is 17.9 Å². The van der Waals surface area contributed by atoms with Gasteiger partial charge in [-0.25, -0.2) is 0 Å². The van der Waals surface area contributed by atoms with Crippen molar-refractivity contribution in [3.8, 4) is 0 Å². The zero-order valence-corrected chi connectivity index (χ0v) is 11.6. The van der Waals surface area contributed by atoms with Crippen molar-refractivity contribution in [3.05, 3.63) is 28.9 Å². The summed E-state index contributed by atoms with van der Waals surface area (Å²) < 4.78 is 13.4. The van der Waals surface area contributed by atoms with Gasteiger partial charge in [0.1, 0.15) is 0 Å². The van der Waals surface area contributed by atoms with Gasteiger partial charge in [-0.2, -0.15) is 8.75 Å². The van der Waals surface area contributed by atoms with Gasteiger partial charge in [-0.1, -0.05) is 5.16 Å². The molecular formula is C12H14N4O2S. The van der Waals surface area contributed by atoms with E-state index in [2.05, 4.69) is 13.9 Å². The van der Waals surface area contributed by atoms with Crippen molar-refractivity contribution in [2.75, 3.05) is 6.54 Å². The van der Waals surface area contributed by atoms with Gasteiger partial charge in [-0.05, 0) is 26.7 Å². The summed E-state index contributed by atoms with van der Waals surface area (Å²) in [4.78, 5) is 14.3. The zero-order valence-electron chi connectivity index (χ0n) is 10.8. The second kappa shape index (κ2) is 4.73. The molecule has 0 bridgehead atoms. The molecule has 0 N–H and O–H groups in total. The number of carbonyl (C=O) groups excluding carboxylic acids is 1. The number of carbonyl (C=O) groups is 1. The van der Waals surface area contributed by atoms with Crippen LogP contribution in [0.4, 0.5) is 0 Å². The van der Waals surface area contributed by atoms with Crippen molar-refractivity contribution >= 4 is 17.6 Å². The molecule has 2 aromatic heterocycles. The molecule has 1 fully saturated rings. The van der Waals surface area contributed by atoms with Gasteiger partial charge >= 0.3 is 0 Å². The number of aromatic nitrogens is 3. The minimum atomic E-state index is -0.0668. The summed E-state index contributed by atoms with van der Waals surface area (Å²) in [7, 11) is 0. The van der Waals surface area contributed by atoms with Crippen LogP contribution in [0.25, 0.3) is 0 Å². The Morgan fingerprint density at radius 1 is 1.47 bits per heavy atom. The van der Waals surface area contributed by atoms with Crippen LogP contribution in [0.3, 0.4) is 0 Å². The van der Waals surface area contributed by atoms with Crippen LogP contribution in [0, 0.1) is 13.8 Å². The van der Waals surface area contributed by atoms with Crippen LogP contribution in [-0.4, -0.2) is 31.3 Å². The van der Waals surface area contributed by atoms with Crippen molar-refractivity contribution in [3.63, 3.8) is 0 Å². The van der Waals surface area contributed by atoms with E-state index in [1.165, 1.54) is 0 Å². The van der Waals surface area contributed by atoms with Gasteiger partial charge in [0.2, 0.25) is 0 Å². The second-order valence-corrected chi connectivity index (χ2v) is 5.25. The van der Waals surface area contributed by atoms with E-state index >= 15 is 0 Å². The van der Waals surface area contributed by atoms with Gasteiger partial charge in [-0.15, -0.1) is 0 Å². The van der Waals surface area contributed by atoms with Crippen LogP contribution in [0.15, 0.2) is 10.6 Å². The van der Waals surface area contributed by atoms with Crippen LogP contribution < -0.4 is 0 Å². The number of likely N-dealkylation sites (tertiary alicyclic amines) is 1. The lowest BCUT2D eigenvalue weighted by Crippen LogP contribution is -2.31. The van der Waals surface area contributed by atoms with E-state index in [4.69, 9.17) is 4.52 Å². The minimum Gasteiger partial charge on any atom is -0.359 e. The third-order valence-corrected chi connectivity index (χ3v) is 3.96. The molecule has 7 heteroatoms. The highest BCUT2D eigenvalue weighted by molar-refractivity contribution is 6.99. The topological polar surface area (TPSA) is 72.1 Å². The molecule has 0 spiro atoms. The largest absolute Gasteiger partial charge is 0.359 e. The Kier molecular flexibility index (Phi) is 3.06. The summed E-state index contributed by atoms with van der Waals surface area (Å²) in [5.41, 5.74) is 1.98. The molecule has 3 heterocycles. The molecule has 0 radical (unpaired) electrons. The fraction of sp³-hybridized carbons (Fsp3) is 0.500.